The summed E-state index contributed by atoms with van der Waals surface area (Å²) in [6.45, 7) is 1.62. The molecule has 142 valence electrons. The van der Waals surface area contributed by atoms with Gasteiger partial charge >= 0.3 is 6.09 Å². The van der Waals surface area contributed by atoms with Gasteiger partial charge in [-0.3, -0.25) is 9.78 Å². The van der Waals surface area contributed by atoms with Crippen LogP contribution in [-0.4, -0.2) is 69.2 Å². The summed E-state index contributed by atoms with van der Waals surface area (Å²) < 4.78 is 10.7. The maximum absolute atomic E-state index is 12.5. The summed E-state index contributed by atoms with van der Waals surface area (Å²) in [5, 5.41) is 3.96. The second-order valence-electron chi connectivity index (χ2n) is 7.07. The standard InChI is InChI=1S/C18H21N5O4/c1-22-11-18(26-17(22)25)7-10-23(12-18)15(24)4-2-3-14-20-16(21-27-14)13-5-8-19-9-6-13/h5-6,8-9H,2-4,7,10-12H2,1H3/t18-/m0/s1. The highest BCUT2D eigenvalue weighted by Crippen LogP contribution is 2.32. The number of aromatic nitrogens is 3. The number of ether oxygens (including phenoxy) is 1. The van der Waals surface area contributed by atoms with Crippen LogP contribution in [0.4, 0.5) is 4.79 Å². The van der Waals surface area contributed by atoms with Gasteiger partial charge in [0.25, 0.3) is 0 Å². The van der Waals surface area contributed by atoms with E-state index in [0.29, 0.717) is 57.0 Å². The fourth-order valence-electron chi connectivity index (χ4n) is 3.59. The average Bonchev–Trinajstić information content (AvgIpc) is 3.36. The van der Waals surface area contributed by atoms with Crippen molar-refractivity contribution >= 4 is 12.0 Å². The molecular formula is C18H21N5O4. The van der Waals surface area contributed by atoms with E-state index in [9.17, 15) is 9.59 Å². The van der Waals surface area contributed by atoms with Gasteiger partial charge in [0.15, 0.2) is 5.60 Å². The molecule has 0 radical (unpaired) electrons. The van der Waals surface area contributed by atoms with Gasteiger partial charge in [-0.05, 0) is 18.6 Å². The number of carbonyl (C=O) groups excluding carboxylic acids is 2. The first-order chi connectivity index (χ1) is 13.0. The summed E-state index contributed by atoms with van der Waals surface area (Å²) in [5.41, 5.74) is 0.308. The minimum Gasteiger partial charge on any atom is -0.439 e. The molecule has 2 aromatic heterocycles. The fraction of sp³-hybridized carbons (Fsp3) is 0.500. The van der Waals surface area contributed by atoms with E-state index in [1.54, 1.807) is 29.2 Å². The lowest BCUT2D eigenvalue weighted by Crippen LogP contribution is -2.39. The number of pyridine rings is 1. The van der Waals surface area contributed by atoms with Crippen LogP contribution in [0.2, 0.25) is 0 Å². The van der Waals surface area contributed by atoms with Gasteiger partial charge in [-0.15, -0.1) is 0 Å². The van der Waals surface area contributed by atoms with Crippen LogP contribution in [0, 0.1) is 0 Å². The molecule has 0 saturated carbocycles. The Morgan fingerprint density at radius 2 is 2.11 bits per heavy atom. The Bertz CT molecular complexity index is 839. The van der Waals surface area contributed by atoms with E-state index < -0.39 is 5.60 Å². The molecule has 9 heteroatoms. The van der Waals surface area contributed by atoms with Crippen molar-refractivity contribution in [2.75, 3.05) is 26.7 Å². The molecule has 2 amide bonds. The first-order valence-corrected chi connectivity index (χ1v) is 9.00. The second kappa shape index (κ2) is 6.98. The third-order valence-corrected chi connectivity index (χ3v) is 5.00. The Balaban J connectivity index is 1.26. The second-order valence-corrected chi connectivity index (χ2v) is 7.07. The smallest absolute Gasteiger partial charge is 0.410 e. The summed E-state index contributed by atoms with van der Waals surface area (Å²) in [7, 11) is 1.71. The molecule has 0 unspecified atom stereocenters. The Kier molecular flexibility index (Phi) is 4.51. The van der Waals surface area contributed by atoms with Crippen molar-refractivity contribution in [2.24, 2.45) is 0 Å². The maximum Gasteiger partial charge on any atom is 0.410 e. The van der Waals surface area contributed by atoms with E-state index in [-0.39, 0.29) is 12.0 Å². The molecule has 2 saturated heterocycles. The molecule has 1 spiro atoms. The summed E-state index contributed by atoms with van der Waals surface area (Å²) in [5.74, 6) is 1.09. The largest absolute Gasteiger partial charge is 0.439 e. The van der Waals surface area contributed by atoms with Crippen LogP contribution in [0.1, 0.15) is 25.2 Å². The molecule has 27 heavy (non-hydrogen) atoms. The number of likely N-dealkylation sites (N-methyl/N-ethyl adjacent to an activating group) is 1. The molecule has 1 atom stereocenters. The number of nitrogens with zero attached hydrogens (tertiary/aromatic N) is 5. The van der Waals surface area contributed by atoms with Crippen molar-refractivity contribution in [1.82, 2.24) is 24.9 Å². The van der Waals surface area contributed by atoms with E-state index in [1.807, 2.05) is 12.1 Å². The summed E-state index contributed by atoms with van der Waals surface area (Å²) >= 11 is 0. The summed E-state index contributed by atoms with van der Waals surface area (Å²) in [4.78, 5) is 35.7. The van der Waals surface area contributed by atoms with Crippen molar-refractivity contribution < 1.29 is 18.8 Å². The van der Waals surface area contributed by atoms with Gasteiger partial charge in [0.2, 0.25) is 17.6 Å². The number of hydrogen-bond acceptors (Lipinski definition) is 7. The van der Waals surface area contributed by atoms with Crippen LogP contribution in [0.3, 0.4) is 0 Å². The fourth-order valence-corrected chi connectivity index (χ4v) is 3.59. The Labute approximate surface area is 156 Å². The average molecular weight is 371 g/mol. The van der Waals surface area contributed by atoms with Crippen LogP contribution in [0.15, 0.2) is 29.0 Å². The first kappa shape index (κ1) is 17.4. The lowest BCUT2D eigenvalue weighted by Gasteiger charge is -2.21. The number of amides is 2. The van der Waals surface area contributed by atoms with Gasteiger partial charge < -0.3 is 19.1 Å². The molecule has 0 N–H and O–H groups in total. The zero-order chi connectivity index (χ0) is 18.9. The maximum atomic E-state index is 12.5. The highest BCUT2D eigenvalue weighted by molar-refractivity contribution is 5.77. The van der Waals surface area contributed by atoms with Crippen LogP contribution in [0.5, 0.6) is 0 Å². The quantitative estimate of drug-likeness (QED) is 0.785. The predicted octanol–water partition coefficient (Wildman–Crippen LogP) is 1.51. The van der Waals surface area contributed by atoms with Crippen molar-refractivity contribution in [3.8, 4) is 11.4 Å². The van der Waals surface area contributed by atoms with Crippen LogP contribution < -0.4 is 0 Å². The van der Waals surface area contributed by atoms with Gasteiger partial charge in [0.05, 0.1) is 13.1 Å². The number of carbonyl (C=O) groups is 2. The zero-order valence-electron chi connectivity index (χ0n) is 15.1. The number of aryl methyl sites for hydroxylation is 1. The van der Waals surface area contributed by atoms with Crippen LogP contribution in [-0.2, 0) is 16.0 Å². The summed E-state index contributed by atoms with van der Waals surface area (Å²) in [6.07, 6.45) is 5.28. The topological polar surface area (TPSA) is 102 Å². The van der Waals surface area contributed by atoms with E-state index in [0.717, 1.165) is 5.56 Å². The van der Waals surface area contributed by atoms with Gasteiger partial charge in [0.1, 0.15) is 0 Å². The molecule has 0 aromatic carbocycles. The molecule has 2 aliphatic rings. The summed E-state index contributed by atoms with van der Waals surface area (Å²) in [6, 6.07) is 3.63. The lowest BCUT2D eigenvalue weighted by molar-refractivity contribution is -0.131. The minimum absolute atomic E-state index is 0.0614. The molecule has 2 fully saturated rings. The van der Waals surface area contributed by atoms with Crippen molar-refractivity contribution in [3.63, 3.8) is 0 Å². The first-order valence-electron chi connectivity index (χ1n) is 9.00. The lowest BCUT2D eigenvalue weighted by atomic mass is 10.0. The highest BCUT2D eigenvalue weighted by atomic mass is 16.6. The molecule has 4 rings (SSSR count). The van der Waals surface area contributed by atoms with E-state index >= 15 is 0 Å². The minimum atomic E-state index is -0.534. The van der Waals surface area contributed by atoms with Crippen molar-refractivity contribution in [3.05, 3.63) is 30.4 Å². The van der Waals surface area contributed by atoms with E-state index in [1.165, 1.54) is 0 Å². The van der Waals surface area contributed by atoms with Crippen LogP contribution in [0.25, 0.3) is 11.4 Å². The molecule has 0 aliphatic carbocycles. The van der Waals surface area contributed by atoms with E-state index in [4.69, 9.17) is 9.26 Å². The third-order valence-electron chi connectivity index (χ3n) is 5.00. The monoisotopic (exact) mass is 371 g/mol. The van der Waals surface area contributed by atoms with Crippen molar-refractivity contribution in [1.29, 1.82) is 0 Å². The van der Waals surface area contributed by atoms with Gasteiger partial charge in [-0.2, -0.15) is 4.98 Å². The predicted molar refractivity (Wildman–Crippen MR) is 93.5 cm³/mol. The highest BCUT2D eigenvalue weighted by Gasteiger charge is 2.49. The molecule has 9 nitrogen and oxygen atoms in total. The van der Waals surface area contributed by atoms with E-state index in [2.05, 4.69) is 15.1 Å². The molecule has 0 bridgehead atoms. The number of hydrogen-bond donors (Lipinski definition) is 0. The van der Waals surface area contributed by atoms with Gasteiger partial charge in [0, 0.05) is 50.8 Å². The van der Waals surface area contributed by atoms with Crippen LogP contribution >= 0.6 is 0 Å². The number of rotatable bonds is 5. The third kappa shape index (κ3) is 3.62. The normalized spacial score (nSPS) is 21.9. The Morgan fingerprint density at radius 1 is 1.30 bits per heavy atom. The van der Waals surface area contributed by atoms with Gasteiger partial charge in [-0.1, -0.05) is 5.16 Å². The Morgan fingerprint density at radius 3 is 2.85 bits per heavy atom. The zero-order valence-corrected chi connectivity index (χ0v) is 15.1. The molecular weight excluding hydrogens is 350 g/mol. The SMILES string of the molecule is CN1C[C@]2(CCN(C(=O)CCCc3nc(-c4ccncc4)no3)C2)OC1=O. The molecule has 2 aromatic rings. The molecule has 2 aliphatic heterocycles. The molecule has 4 heterocycles. The Hall–Kier alpha value is -2.97. The van der Waals surface area contributed by atoms with Crippen molar-refractivity contribution in [2.45, 2.75) is 31.3 Å². The number of likely N-dealkylation sites (tertiary alicyclic amines) is 1. The van der Waals surface area contributed by atoms with Gasteiger partial charge in [-0.25, -0.2) is 4.79 Å².